The molecule has 0 bridgehead atoms. The zero-order chi connectivity index (χ0) is 32.8. The maximum atomic E-state index is 13.9. The number of amides is 2. The van der Waals surface area contributed by atoms with Crippen molar-refractivity contribution >= 4 is 29.4 Å². The monoisotopic (exact) mass is 627 g/mol. The van der Waals surface area contributed by atoms with Crippen molar-refractivity contribution in [3.8, 4) is 0 Å². The van der Waals surface area contributed by atoms with E-state index >= 15 is 0 Å². The summed E-state index contributed by atoms with van der Waals surface area (Å²) < 4.78 is 1.74. The molecule has 47 heavy (non-hydrogen) atoms. The minimum atomic E-state index is -1.72. The summed E-state index contributed by atoms with van der Waals surface area (Å²) in [5, 5.41) is 30.5. The summed E-state index contributed by atoms with van der Waals surface area (Å²) in [7, 11) is 0. The van der Waals surface area contributed by atoms with Crippen molar-refractivity contribution in [1.82, 2.24) is 15.0 Å². The number of fused-ring (bicyclic) bond motifs is 1. The topological polar surface area (TPSA) is 112 Å². The first-order chi connectivity index (χ1) is 22.9. The summed E-state index contributed by atoms with van der Waals surface area (Å²) in [6.07, 6.45) is 7.07. The molecule has 0 fully saturated rings. The Morgan fingerprint density at radius 1 is 0.894 bits per heavy atom. The molecule has 2 heterocycles. The molecule has 1 unspecified atom stereocenters. The fourth-order valence-electron chi connectivity index (χ4n) is 6.15. The van der Waals surface area contributed by atoms with E-state index in [2.05, 4.69) is 10.3 Å². The lowest BCUT2D eigenvalue weighted by molar-refractivity contribution is -0.139. The van der Waals surface area contributed by atoms with E-state index in [9.17, 15) is 19.8 Å². The molecule has 3 atom stereocenters. The third kappa shape index (κ3) is 6.36. The molecule has 6 rings (SSSR count). The van der Waals surface area contributed by atoms with Crippen molar-refractivity contribution in [2.24, 2.45) is 5.92 Å². The number of benzene rings is 4. The zero-order valence-electron chi connectivity index (χ0n) is 26.1. The molecular weight excluding hydrogens is 590 g/mol. The van der Waals surface area contributed by atoms with Crippen LogP contribution in [-0.2, 0) is 28.3 Å². The molecule has 0 saturated heterocycles. The van der Waals surface area contributed by atoms with E-state index < -0.39 is 11.5 Å². The highest BCUT2D eigenvalue weighted by atomic mass is 16.3. The van der Waals surface area contributed by atoms with Crippen LogP contribution in [0.3, 0.4) is 0 Å². The van der Waals surface area contributed by atoms with Crippen LogP contribution >= 0.6 is 0 Å². The second kappa shape index (κ2) is 13.9. The molecule has 1 aliphatic heterocycles. The highest BCUT2D eigenvalue weighted by Gasteiger charge is 2.52. The minimum Gasteiger partial charge on any atom is -0.395 e. The van der Waals surface area contributed by atoms with E-state index in [0.29, 0.717) is 35.6 Å². The molecule has 0 radical (unpaired) electrons. The van der Waals surface area contributed by atoms with E-state index in [4.69, 9.17) is 0 Å². The highest BCUT2D eigenvalue weighted by Crippen LogP contribution is 2.45. The number of carbonyl (C=O) groups excluding carboxylic acids is 2. The van der Waals surface area contributed by atoms with Gasteiger partial charge in [-0.2, -0.15) is 0 Å². The van der Waals surface area contributed by atoms with Crippen LogP contribution in [0.2, 0.25) is 0 Å². The summed E-state index contributed by atoms with van der Waals surface area (Å²) in [6.45, 7) is 2.61. The standard InChI is InChI=1S/C38H37N5O4/c1-28(12-10-11-23-41-25-35(39-40-41)33(26-44)30-13-4-2-5-14-30)38(47)34-17-8-9-18-36(34)42(37(38)46)24-29-19-21-32(22-20-29)43(27-45)31-15-6-3-7-16-31/h2-10,12-22,25,27-28,33,44,47H,11,23-24,26H2,1H3/b12-10+/t28-,33?,38+/m0/s1. The Hall–Kier alpha value is -5.38. The van der Waals surface area contributed by atoms with Gasteiger partial charge >= 0.3 is 0 Å². The molecular formula is C38H37N5O4. The zero-order valence-corrected chi connectivity index (χ0v) is 26.1. The second-order valence-electron chi connectivity index (χ2n) is 11.7. The van der Waals surface area contributed by atoms with Crippen LogP contribution in [0, 0.1) is 5.92 Å². The van der Waals surface area contributed by atoms with Gasteiger partial charge in [0, 0.05) is 35.6 Å². The molecule has 2 amide bonds. The first kappa shape index (κ1) is 31.6. The number of carbonyl (C=O) groups is 2. The molecule has 4 aromatic carbocycles. The number of aliphatic hydroxyl groups excluding tert-OH is 1. The molecule has 0 spiro atoms. The van der Waals surface area contributed by atoms with Crippen molar-refractivity contribution in [2.75, 3.05) is 16.4 Å². The Balaban J connectivity index is 1.12. The first-order valence-electron chi connectivity index (χ1n) is 15.7. The van der Waals surface area contributed by atoms with Crippen molar-refractivity contribution in [3.63, 3.8) is 0 Å². The largest absolute Gasteiger partial charge is 0.395 e. The van der Waals surface area contributed by atoms with Crippen LogP contribution in [0.25, 0.3) is 0 Å². The number of aryl methyl sites for hydroxylation is 1. The second-order valence-corrected chi connectivity index (χ2v) is 11.7. The number of allylic oxidation sites excluding steroid dienone is 1. The van der Waals surface area contributed by atoms with Crippen LogP contribution in [-0.4, -0.2) is 44.1 Å². The molecule has 9 heteroatoms. The van der Waals surface area contributed by atoms with E-state index in [1.54, 1.807) is 14.5 Å². The van der Waals surface area contributed by atoms with Gasteiger partial charge in [-0.1, -0.05) is 103 Å². The summed E-state index contributed by atoms with van der Waals surface area (Å²) in [5.74, 6) is -1.13. The average molecular weight is 628 g/mol. The normalized spacial score (nSPS) is 17.1. The number of hydrogen-bond acceptors (Lipinski definition) is 6. The number of nitrogens with zero attached hydrogens (tertiary/aromatic N) is 5. The van der Waals surface area contributed by atoms with E-state index in [0.717, 1.165) is 23.2 Å². The van der Waals surface area contributed by atoms with Gasteiger partial charge in [0.1, 0.15) is 0 Å². The molecule has 0 aliphatic carbocycles. The Labute approximate surface area is 274 Å². The van der Waals surface area contributed by atoms with Gasteiger partial charge < -0.3 is 15.1 Å². The van der Waals surface area contributed by atoms with Crippen LogP contribution < -0.4 is 9.80 Å². The maximum Gasteiger partial charge on any atom is 0.264 e. The number of aliphatic hydroxyl groups is 2. The first-order valence-corrected chi connectivity index (χ1v) is 15.7. The Morgan fingerprint density at radius 2 is 1.55 bits per heavy atom. The Morgan fingerprint density at radius 3 is 2.26 bits per heavy atom. The van der Waals surface area contributed by atoms with Crippen molar-refractivity contribution in [1.29, 1.82) is 0 Å². The number of aromatic nitrogens is 3. The number of rotatable bonds is 13. The molecule has 5 aromatic rings. The summed E-state index contributed by atoms with van der Waals surface area (Å²) in [5.41, 5.74) is 3.54. The lowest BCUT2D eigenvalue weighted by Crippen LogP contribution is -2.44. The lowest BCUT2D eigenvalue weighted by Gasteiger charge is -2.27. The predicted octanol–water partition coefficient (Wildman–Crippen LogP) is 5.71. The third-order valence-electron chi connectivity index (χ3n) is 8.78. The maximum absolute atomic E-state index is 13.9. The minimum absolute atomic E-state index is 0.0659. The summed E-state index contributed by atoms with van der Waals surface area (Å²) in [4.78, 5) is 29.0. The highest BCUT2D eigenvalue weighted by molar-refractivity contribution is 6.07. The lowest BCUT2D eigenvalue weighted by atomic mass is 9.83. The third-order valence-corrected chi connectivity index (χ3v) is 8.78. The SMILES string of the molecule is C[C@@H](/C=C/CCn1cc(C(CO)c2ccccc2)nn1)[C@]1(O)C(=O)N(Cc2ccc(N(C=O)c3ccccc3)cc2)c2ccccc21. The molecule has 1 aliphatic rings. The van der Waals surface area contributed by atoms with Crippen LogP contribution in [0.5, 0.6) is 0 Å². The van der Waals surface area contributed by atoms with Gasteiger partial charge in [-0.05, 0) is 47.9 Å². The quantitative estimate of drug-likeness (QED) is 0.128. The van der Waals surface area contributed by atoms with E-state index in [-0.39, 0.29) is 25.0 Å². The van der Waals surface area contributed by atoms with Gasteiger partial charge in [-0.3, -0.25) is 19.2 Å². The predicted molar refractivity (Wildman–Crippen MR) is 181 cm³/mol. The fourth-order valence-corrected chi connectivity index (χ4v) is 6.15. The van der Waals surface area contributed by atoms with Crippen LogP contribution in [0.1, 0.15) is 41.6 Å². The van der Waals surface area contributed by atoms with Crippen molar-refractivity contribution in [3.05, 3.63) is 150 Å². The van der Waals surface area contributed by atoms with Gasteiger partial charge in [-0.15, -0.1) is 5.10 Å². The van der Waals surface area contributed by atoms with Crippen molar-refractivity contribution in [2.45, 2.75) is 38.0 Å². The molecule has 238 valence electrons. The van der Waals surface area contributed by atoms with E-state index in [1.165, 1.54) is 0 Å². The van der Waals surface area contributed by atoms with Gasteiger partial charge in [0.05, 0.1) is 30.5 Å². The fraction of sp³-hybridized carbons (Fsp3) is 0.211. The van der Waals surface area contributed by atoms with Gasteiger partial charge in [0.15, 0.2) is 5.60 Å². The van der Waals surface area contributed by atoms with Gasteiger partial charge in [0.2, 0.25) is 6.41 Å². The summed E-state index contributed by atoms with van der Waals surface area (Å²) >= 11 is 0. The smallest absolute Gasteiger partial charge is 0.264 e. The molecule has 0 saturated carbocycles. The van der Waals surface area contributed by atoms with Gasteiger partial charge in [0.25, 0.3) is 5.91 Å². The number of anilines is 3. The van der Waals surface area contributed by atoms with Gasteiger partial charge in [-0.25, -0.2) is 0 Å². The average Bonchev–Trinajstić information content (AvgIpc) is 3.66. The van der Waals surface area contributed by atoms with Crippen molar-refractivity contribution < 1.29 is 19.8 Å². The molecule has 9 nitrogen and oxygen atoms in total. The van der Waals surface area contributed by atoms with Crippen LogP contribution in [0.15, 0.2) is 128 Å². The Bertz CT molecular complexity index is 1840. The van der Waals surface area contributed by atoms with E-state index in [1.807, 2.05) is 134 Å². The Kier molecular flexibility index (Phi) is 9.37. The summed E-state index contributed by atoms with van der Waals surface area (Å²) in [6, 6.07) is 34.0. The molecule has 1 aromatic heterocycles. The number of hydrogen-bond donors (Lipinski definition) is 2. The number of para-hydroxylation sites is 2. The molecule has 2 N–H and O–H groups in total. The van der Waals surface area contributed by atoms with Crippen LogP contribution in [0.4, 0.5) is 17.1 Å².